The Kier molecular flexibility index (Phi) is 6.88. The van der Waals surface area contributed by atoms with E-state index in [0.29, 0.717) is 12.0 Å². The van der Waals surface area contributed by atoms with Crippen molar-refractivity contribution >= 4 is 15.9 Å². The number of benzene rings is 2. The van der Waals surface area contributed by atoms with E-state index in [1.165, 1.54) is 6.07 Å². The van der Waals surface area contributed by atoms with Crippen LogP contribution in [0, 0.1) is 12.7 Å². The Morgan fingerprint density at radius 1 is 1.12 bits per heavy atom. The van der Waals surface area contributed by atoms with Crippen LogP contribution < -0.4 is 5.32 Å². The minimum Gasteiger partial charge on any atom is -0.355 e. The number of carbonyl (C=O) groups is 1. The highest BCUT2D eigenvalue weighted by molar-refractivity contribution is 7.88. The molecule has 0 aliphatic heterocycles. The number of nitrogens with one attached hydrogen (secondary N) is 1. The third kappa shape index (κ3) is 6.24. The van der Waals surface area contributed by atoms with E-state index in [-0.39, 0.29) is 25.5 Å². The Morgan fingerprint density at radius 3 is 2.38 bits per heavy atom. The Labute approximate surface area is 153 Å². The molecule has 1 N–H and O–H groups in total. The molecule has 0 saturated heterocycles. The largest absolute Gasteiger partial charge is 0.355 e. The first-order chi connectivity index (χ1) is 12.3. The Balaban J connectivity index is 1.92. The molecule has 0 bridgehead atoms. The fourth-order valence-corrected chi connectivity index (χ4v) is 3.18. The summed E-state index contributed by atoms with van der Waals surface area (Å²) in [5.41, 5.74) is 2.39. The Hall–Kier alpha value is -2.25. The molecule has 0 aromatic heterocycles. The minimum absolute atomic E-state index is 0.125. The van der Waals surface area contributed by atoms with Crippen LogP contribution in [0.25, 0.3) is 0 Å². The maximum Gasteiger partial charge on any atom is 0.235 e. The average molecular weight is 378 g/mol. The summed E-state index contributed by atoms with van der Waals surface area (Å²) in [5, 5.41) is 2.64. The first-order valence-electron chi connectivity index (χ1n) is 8.26. The summed E-state index contributed by atoms with van der Waals surface area (Å²) in [4.78, 5) is 12.1. The summed E-state index contributed by atoms with van der Waals surface area (Å²) in [6, 6.07) is 13.8. The van der Waals surface area contributed by atoms with Gasteiger partial charge in [0.15, 0.2) is 0 Å². The van der Waals surface area contributed by atoms with Gasteiger partial charge in [-0.05, 0) is 30.5 Å². The van der Waals surface area contributed by atoms with Crippen molar-refractivity contribution in [3.63, 3.8) is 0 Å². The zero-order valence-corrected chi connectivity index (χ0v) is 15.7. The van der Waals surface area contributed by atoms with Gasteiger partial charge in [-0.25, -0.2) is 12.8 Å². The van der Waals surface area contributed by atoms with Gasteiger partial charge < -0.3 is 5.32 Å². The van der Waals surface area contributed by atoms with Crippen molar-refractivity contribution in [2.45, 2.75) is 19.9 Å². The van der Waals surface area contributed by atoms with Crippen LogP contribution in [-0.2, 0) is 27.8 Å². The average Bonchev–Trinajstić information content (AvgIpc) is 2.57. The van der Waals surface area contributed by atoms with Crippen molar-refractivity contribution in [2.75, 3.05) is 19.3 Å². The van der Waals surface area contributed by atoms with E-state index in [9.17, 15) is 17.6 Å². The van der Waals surface area contributed by atoms with Crippen LogP contribution in [0.15, 0.2) is 48.5 Å². The highest BCUT2D eigenvalue weighted by Gasteiger charge is 2.20. The number of hydrogen-bond donors (Lipinski definition) is 1. The number of carbonyl (C=O) groups excluding carboxylic acids is 1. The molecule has 0 fully saturated rings. The minimum atomic E-state index is -3.54. The summed E-state index contributed by atoms with van der Waals surface area (Å²) >= 11 is 0. The van der Waals surface area contributed by atoms with Gasteiger partial charge >= 0.3 is 0 Å². The highest BCUT2D eigenvalue weighted by Crippen LogP contribution is 2.10. The molecular weight excluding hydrogens is 355 g/mol. The monoisotopic (exact) mass is 378 g/mol. The highest BCUT2D eigenvalue weighted by atomic mass is 32.2. The standard InChI is InChI=1S/C19H23FN2O3S/c1-15-7-9-16(10-8-15)13-22(26(2,24)25)14-19(23)21-12-11-17-5-3-4-6-18(17)20/h3-10H,11-14H2,1-2H3,(H,21,23). The number of hydrogen-bond acceptors (Lipinski definition) is 3. The molecule has 0 heterocycles. The lowest BCUT2D eigenvalue weighted by molar-refractivity contribution is -0.121. The van der Waals surface area contributed by atoms with Crippen LogP contribution >= 0.6 is 0 Å². The van der Waals surface area contributed by atoms with E-state index >= 15 is 0 Å². The van der Waals surface area contributed by atoms with E-state index in [0.717, 1.165) is 21.7 Å². The molecule has 2 rings (SSSR count). The van der Waals surface area contributed by atoms with Crippen molar-refractivity contribution in [3.8, 4) is 0 Å². The molecule has 26 heavy (non-hydrogen) atoms. The summed E-state index contributed by atoms with van der Waals surface area (Å²) in [6.45, 7) is 2.03. The number of sulfonamides is 1. The SMILES string of the molecule is Cc1ccc(CN(CC(=O)NCCc2ccccc2F)S(C)(=O)=O)cc1. The zero-order valence-electron chi connectivity index (χ0n) is 14.9. The first kappa shape index (κ1) is 20.1. The predicted molar refractivity (Wildman–Crippen MR) is 99.5 cm³/mol. The Morgan fingerprint density at radius 2 is 1.77 bits per heavy atom. The van der Waals surface area contributed by atoms with Crippen LogP contribution in [0.5, 0.6) is 0 Å². The van der Waals surface area contributed by atoms with Gasteiger partial charge in [0, 0.05) is 13.1 Å². The lowest BCUT2D eigenvalue weighted by Crippen LogP contribution is -2.40. The summed E-state index contributed by atoms with van der Waals surface area (Å²) in [5.74, 6) is -0.738. The van der Waals surface area contributed by atoms with Gasteiger partial charge in [0.1, 0.15) is 5.82 Å². The van der Waals surface area contributed by atoms with Crippen molar-refractivity contribution in [3.05, 3.63) is 71.0 Å². The van der Waals surface area contributed by atoms with Crippen LogP contribution in [0.3, 0.4) is 0 Å². The quantitative estimate of drug-likeness (QED) is 0.766. The molecule has 0 saturated carbocycles. The molecule has 2 aromatic carbocycles. The molecule has 7 heteroatoms. The molecular formula is C19H23FN2O3S. The molecule has 2 aromatic rings. The number of halogens is 1. The summed E-state index contributed by atoms with van der Waals surface area (Å²) in [7, 11) is -3.54. The lowest BCUT2D eigenvalue weighted by atomic mass is 10.1. The molecule has 140 valence electrons. The van der Waals surface area contributed by atoms with Gasteiger partial charge in [-0.1, -0.05) is 48.0 Å². The maximum absolute atomic E-state index is 13.6. The number of aryl methyl sites for hydroxylation is 1. The lowest BCUT2D eigenvalue weighted by Gasteiger charge is -2.19. The van der Waals surface area contributed by atoms with E-state index in [1.54, 1.807) is 18.2 Å². The second kappa shape index (κ2) is 8.91. The smallest absolute Gasteiger partial charge is 0.235 e. The second-order valence-electron chi connectivity index (χ2n) is 6.21. The van der Waals surface area contributed by atoms with Gasteiger partial charge in [0.25, 0.3) is 0 Å². The van der Waals surface area contributed by atoms with Gasteiger partial charge in [-0.15, -0.1) is 0 Å². The molecule has 0 unspecified atom stereocenters. The van der Waals surface area contributed by atoms with Crippen LogP contribution in [0.4, 0.5) is 4.39 Å². The number of rotatable bonds is 8. The van der Waals surface area contributed by atoms with Crippen LogP contribution in [0.1, 0.15) is 16.7 Å². The molecule has 0 aliphatic carbocycles. The molecule has 1 amide bonds. The summed E-state index contributed by atoms with van der Waals surface area (Å²) < 4.78 is 38.6. The second-order valence-corrected chi connectivity index (χ2v) is 8.19. The third-order valence-electron chi connectivity index (χ3n) is 3.94. The molecule has 0 spiro atoms. The van der Waals surface area contributed by atoms with Gasteiger partial charge in [0.05, 0.1) is 12.8 Å². The normalized spacial score (nSPS) is 11.5. The Bertz CT molecular complexity index is 851. The zero-order chi connectivity index (χ0) is 19.2. The van der Waals surface area contributed by atoms with Crippen molar-refractivity contribution in [1.29, 1.82) is 0 Å². The van der Waals surface area contributed by atoms with Gasteiger partial charge in [-0.2, -0.15) is 4.31 Å². The fraction of sp³-hybridized carbons (Fsp3) is 0.316. The van der Waals surface area contributed by atoms with E-state index in [4.69, 9.17) is 0 Å². The van der Waals surface area contributed by atoms with Crippen LogP contribution in [-0.4, -0.2) is 38.0 Å². The van der Waals surface area contributed by atoms with E-state index < -0.39 is 15.9 Å². The van der Waals surface area contributed by atoms with Gasteiger partial charge in [0.2, 0.25) is 15.9 Å². The number of nitrogens with zero attached hydrogens (tertiary/aromatic N) is 1. The molecule has 0 aliphatic rings. The molecule has 0 radical (unpaired) electrons. The molecule has 0 atom stereocenters. The van der Waals surface area contributed by atoms with E-state index in [2.05, 4.69) is 5.32 Å². The van der Waals surface area contributed by atoms with E-state index in [1.807, 2.05) is 31.2 Å². The topological polar surface area (TPSA) is 66.5 Å². The fourth-order valence-electron chi connectivity index (χ4n) is 2.44. The van der Waals surface area contributed by atoms with Crippen LogP contribution in [0.2, 0.25) is 0 Å². The van der Waals surface area contributed by atoms with Crippen molar-refractivity contribution < 1.29 is 17.6 Å². The predicted octanol–water partition coefficient (Wildman–Crippen LogP) is 2.25. The number of amides is 1. The maximum atomic E-state index is 13.6. The van der Waals surface area contributed by atoms with Gasteiger partial charge in [-0.3, -0.25) is 4.79 Å². The van der Waals surface area contributed by atoms with Crippen molar-refractivity contribution in [2.24, 2.45) is 0 Å². The first-order valence-corrected chi connectivity index (χ1v) is 10.1. The molecule has 5 nitrogen and oxygen atoms in total. The summed E-state index contributed by atoms with van der Waals surface area (Å²) in [6.07, 6.45) is 1.42. The van der Waals surface area contributed by atoms with Crippen molar-refractivity contribution in [1.82, 2.24) is 9.62 Å². The third-order valence-corrected chi connectivity index (χ3v) is 5.14.